The molecule has 5 rings (SSSR count). The molecular weight excluding hydrogens is 431 g/mol. The van der Waals surface area contributed by atoms with Gasteiger partial charge in [0.05, 0.1) is 11.9 Å². The molecule has 0 spiro atoms. The summed E-state index contributed by atoms with van der Waals surface area (Å²) in [7, 11) is 2.87. The zero-order valence-corrected chi connectivity index (χ0v) is 17.6. The second-order valence-corrected chi connectivity index (χ2v) is 7.48. The highest BCUT2D eigenvalue weighted by molar-refractivity contribution is 5.93. The number of benzene rings is 2. The summed E-state index contributed by atoms with van der Waals surface area (Å²) in [4.78, 5) is 45.5. The Balaban J connectivity index is 1.41. The second-order valence-electron chi connectivity index (χ2n) is 7.48. The summed E-state index contributed by atoms with van der Waals surface area (Å²) >= 11 is 0. The van der Waals surface area contributed by atoms with Crippen molar-refractivity contribution >= 4 is 33.9 Å². The fourth-order valence-corrected chi connectivity index (χ4v) is 3.67. The first-order valence-electron chi connectivity index (χ1n) is 9.89. The summed E-state index contributed by atoms with van der Waals surface area (Å²) in [5.74, 6) is -0.715. The van der Waals surface area contributed by atoms with Gasteiger partial charge in [0.25, 0.3) is 5.56 Å². The lowest BCUT2D eigenvalue weighted by molar-refractivity contribution is -0.116. The number of imidazole rings is 1. The highest BCUT2D eigenvalue weighted by atomic mass is 19.1. The van der Waals surface area contributed by atoms with Crippen molar-refractivity contribution in [3.63, 3.8) is 0 Å². The Labute approximate surface area is 184 Å². The largest absolute Gasteiger partial charge is 0.436 e. The molecule has 0 aliphatic rings. The monoisotopic (exact) mass is 448 g/mol. The van der Waals surface area contributed by atoms with Crippen molar-refractivity contribution in [1.82, 2.24) is 23.7 Å². The molecule has 2 aromatic carbocycles. The maximum Gasteiger partial charge on any atom is 0.332 e. The van der Waals surface area contributed by atoms with Gasteiger partial charge in [0.2, 0.25) is 11.8 Å². The van der Waals surface area contributed by atoms with E-state index in [1.165, 1.54) is 35.6 Å². The van der Waals surface area contributed by atoms with Crippen LogP contribution in [-0.2, 0) is 25.4 Å². The molecule has 10 nitrogen and oxygen atoms in total. The quantitative estimate of drug-likeness (QED) is 0.450. The minimum absolute atomic E-state index is 0.0945. The molecule has 11 heteroatoms. The predicted octanol–water partition coefficient (Wildman–Crippen LogP) is 2.02. The first-order chi connectivity index (χ1) is 15.8. The van der Waals surface area contributed by atoms with Gasteiger partial charge in [0.1, 0.15) is 23.5 Å². The van der Waals surface area contributed by atoms with Gasteiger partial charge in [-0.1, -0.05) is 12.1 Å². The van der Waals surface area contributed by atoms with Gasteiger partial charge in [-0.2, -0.15) is 0 Å². The molecule has 0 radical (unpaired) electrons. The number of rotatable bonds is 4. The molecule has 0 bridgehead atoms. The van der Waals surface area contributed by atoms with E-state index in [1.54, 1.807) is 36.4 Å². The van der Waals surface area contributed by atoms with Crippen LogP contribution in [0.5, 0.6) is 0 Å². The molecule has 0 fully saturated rings. The lowest BCUT2D eigenvalue weighted by atomic mass is 10.2. The van der Waals surface area contributed by atoms with Gasteiger partial charge in [0.15, 0.2) is 11.1 Å². The fraction of sp³-hybridized carbons (Fsp3) is 0.136. The van der Waals surface area contributed by atoms with Crippen LogP contribution in [0.3, 0.4) is 0 Å². The summed E-state index contributed by atoms with van der Waals surface area (Å²) in [6, 6.07) is 11.0. The number of aryl methyl sites for hydroxylation is 1. The first kappa shape index (κ1) is 20.4. The number of aromatic nitrogens is 5. The van der Waals surface area contributed by atoms with Crippen LogP contribution >= 0.6 is 0 Å². The molecule has 3 aromatic heterocycles. The Morgan fingerprint density at radius 3 is 2.70 bits per heavy atom. The molecular formula is C22H17FN6O4. The Hall–Kier alpha value is -4.54. The molecule has 0 aliphatic heterocycles. The molecule has 0 saturated heterocycles. The number of fused-ring (bicyclic) bond motifs is 2. The number of halogens is 1. The van der Waals surface area contributed by atoms with Crippen molar-refractivity contribution in [2.45, 2.75) is 6.54 Å². The number of nitrogens with one attached hydrogen (secondary N) is 1. The van der Waals surface area contributed by atoms with Crippen molar-refractivity contribution in [2.24, 2.45) is 14.1 Å². The van der Waals surface area contributed by atoms with Crippen molar-refractivity contribution in [2.75, 3.05) is 5.32 Å². The van der Waals surface area contributed by atoms with E-state index >= 15 is 0 Å². The number of amides is 1. The highest BCUT2D eigenvalue weighted by Gasteiger charge is 2.17. The van der Waals surface area contributed by atoms with Gasteiger partial charge in [-0.15, -0.1) is 0 Å². The minimum atomic E-state index is -0.533. The molecule has 0 aliphatic carbocycles. The van der Waals surface area contributed by atoms with Crippen LogP contribution in [0.25, 0.3) is 33.7 Å². The number of oxazole rings is 1. The summed E-state index contributed by atoms with van der Waals surface area (Å²) in [5.41, 5.74) is 0.879. The lowest BCUT2D eigenvalue weighted by Gasteiger charge is -2.09. The van der Waals surface area contributed by atoms with Crippen molar-refractivity contribution in [3.05, 3.63) is 75.4 Å². The Kier molecular flexibility index (Phi) is 4.66. The van der Waals surface area contributed by atoms with Gasteiger partial charge in [-0.25, -0.2) is 19.2 Å². The molecule has 166 valence electrons. The van der Waals surface area contributed by atoms with Crippen LogP contribution in [0, 0.1) is 5.82 Å². The predicted molar refractivity (Wildman–Crippen MR) is 118 cm³/mol. The normalized spacial score (nSPS) is 11.4. The van der Waals surface area contributed by atoms with E-state index in [0.29, 0.717) is 16.8 Å². The van der Waals surface area contributed by atoms with Crippen LogP contribution in [0.15, 0.2) is 62.8 Å². The molecule has 1 amide bonds. The van der Waals surface area contributed by atoms with Gasteiger partial charge >= 0.3 is 5.69 Å². The van der Waals surface area contributed by atoms with Crippen LogP contribution in [0.2, 0.25) is 0 Å². The summed E-state index contributed by atoms with van der Waals surface area (Å²) < 4.78 is 23.3. The lowest BCUT2D eigenvalue weighted by Crippen LogP contribution is -2.37. The SMILES string of the molecule is Cn1c(=O)c2ncn(CC(=O)Nc3ccc4oc(-c5ccccc5F)nc4c3)c2n(C)c1=O. The van der Waals surface area contributed by atoms with Crippen molar-refractivity contribution in [1.29, 1.82) is 0 Å². The Morgan fingerprint density at radius 1 is 1.12 bits per heavy atom. The first-order valence-corrected chi connectivity index (χ1v) is 9.89. The van der Waals surface area contributed by atoms with Crippen LogP contribution in [0.4, 0.5) is 10.1 Å². The van der Waals surface area contributed by atoms with E-state index in [-0.39, 0.29) is 29.2 Å². The van der Waals surface area contributed by atoms with Gasteiger partial charge in [-0.05, 0) is 30.3 Å². The standard InChI is InChI=1S/C22H17FN6O4/c1-27-20-18(21(31)28(2)22(27)32)24-11-29(20)10-17(30)25-12-7-8-16-15(9-12)26-19(33-16)13-5-3-4-6-14(13)23/h3-9,11H,10H2,1-2H3,(H,25,30). The van der Waals surface area contributed by atoms with Gasteiger partial charge < -0.3 is 14.3 Å². The van der Waals surface area contributed by atoms with E-state index in [9.17, 15) is 18.8 Å². The molecule has 0 saturated carbocycles. The Morgan fingerprint density at radius 2 is 1.91 bits per heavy atom. The number of nitrogens with zero attached hydrogens (tertiary/aromatic N) is 5. The van der Waals surface area contributed by atoms with E-state index in [4.69, 9.17) is 4.42 Å². The second kappa shape index (κ2) is 7.55. The van der Waals surface area contributed by atoms with Gasteiger partial charge in [0, 0.05) is 19.8 Å². The number of anilines is 1. The summed E-state index contributed by atoms with van der Waals surface area (Å²) in [5, 5.41) is 2.74. The smallest absolute Gasteiger partial charge is 0.332 e. The summed E-state index contributed by atoms with van der Waals surface area (Å²) in [6.07, 6.45) is 1.34. The number of hydrogen-bond acceptors (Lipinski definition) is 6. The summed E-state index contributed by atoms with van der Waals surface area (Å²) in [6.45, 7) is -0.172. The maximum absolute atomic E-state index is 14.0. The van der Waals surface area contributed by atoms with Crippen LogP contribution < -0.4 is 16.6 Å². The Bertz CT molecular complexity index is 1680. The average Bonchev–Trinajstić information content (AvgIpc) is 3.40. The third kappa shape index (κ3) is 3.39. The van der Waals surface area contributed by atoms with E-state index in [0.717, 1.165) is 4.57 Å². The van der Waals surface area contributed by atoms with Crippen LogP contribution in [-0.4, -0.2) is 29.6 Å². The topological polar surface area (TPSA) is 117 Å². The number of carbonyl (C=O) groups excluding carboxylic acids is 1. The van der Waals surface area contributed by atoms with E-state index in [2.05, 4.69) is 15.3 Å². The molecule has 3 heterocycles. The van der Waals surface area contributed by atoms with Crippen LogP contribution in [0.1, 0.15) is 0 Å². The van der Waals surface area contributed by atoms with Gasteiger partial charge in [-0.3, -0.25) is 18.7 Å². The minimum Gasteiger partial charge on any atom is -0.436 e. The fourth-order valence-electron chi connectivity index (χ4n) is 3.67. The molecule has 33 heavy (non-hydrogen) atoms. The zero-order chi connectivity index (χ0) is 23.3. The molecule has 1 N–H and O–H groups in total. The highest BCUT2D eigenvalue weighted by Crippen LogP contribution is 2.27. The third-order valence-corrected chi connectivity index (χ3v) is 5.30. The molecule has 0 unspecified atom stereocenters. The molecule has 5 aromatic rings. The number of carbonyl (C=O) groups is 1. The number of hydrogen-bond donors (Lipinski definition) is 1. The average molecular weight is 448 g/mol. The van der Waals surface area contributed by atoms with E-state index < -0.39 is 23.0 Å². The van der Waals surface area contributed by atoms with Crippen molar-refractivity contribution < 1.29 is 13.6 Å². The zero-order valence-electron chi connectivity index (χ0n) is 17.6. The molecule has 0 atom stereocenters. The van der Waals surface area contributed by atoms with Crippen molar-refractivity contribution in [3.8, 4) is 11.5 Å². The maximum atomic E-state index is 14.0. The van der Waals surface area contributed by atoms with E-state index in [1.807, 2.05) is 0 Å². The third-order valence-electron chi connectivity index (χ3n) is 5.30.